The third-order valence-electron chi connectivity index (χ3n) is 4.85. The highest BCUT2D eigenvalue weighted by atomic mass is 15.2. The van der Waals surface area contributed by atoms with Gasteiger partial charge in [-0.1, -0.05) is 18.2 Å². The molecule has 1 aromatic carbocycles. The molecule has 1 rings (SSSR count). The Hall–Kier alpha value is -1.98. The molecule has 0 aliphatic rings. The zero-order valence-corrected chi connectivity index (χ0v) is 23.9. The highest BCUT2D eigenvalue weighted by Crippen LogP contribution is 2.38. The van der Waals surface area contributed by atoms with E-state index >= 15 is 0 Å². The Balaban J connectivity index is 3.76. The fraction of sp³-hybridized carbons (Fsp3) is 0.778. The topological polar surface area (TPSA) is 74.2 Å². The molecule has 33 heavy (non-hydrogen) atoms. The van der Waals surface area contributed by atoms with Gasteiger partial charge in [0.1, 0.15) is 16.6 Å². The van der Waals surface area contributed by atoms with Crippen LogP contribution in [0.5, 0.6) is 0 Å². The van der Waals surface area contributed by atoms with Crippen molar-refractivity contribution in [3.8, 4) is 0 Å². The first-order valence-corrected chi connectivity index (χ1v) is 11.9. The molecule has 0 fully saturated rings. The lowest BCUT2D eigenvalue weighted by Gasteiger charge is -2.29. The van der Waals surface area contributed by atoms with E-state index in [1.54, 1.807) is 0 Å². The largest absolute Gasteiger partial charge is 0.187 e. The van der Waals surface area contributed by atoms with Crippen molar-refractivity contribution in [3.05, 3.63) is 34.9 Å². The fourth-order valence-corrected chi connectivity index (χ4v) is 2.69. The van der Waals surface area contributed by atoms with Gasteiger partial charge in [0.2, 0.25) is 0 Å². The van der Waals surface area contributed by atoms with Gasteiger partial charge in [0.25, 0.3) is 0 Å². The summed E-state index contributed by atoms with van der Waals surface area (Å²) in [6, 6.07) is 6.55. The van der Waals surface area contributed by atoms with E-state index in [9.17, 15) is 0 Å². The van der Waals surface area contributed by atoms with Gasteiger partial charge in [-0.3, -0.25) is 0 Å². The maximum absolute atomic E-state index is 4.73. The van der Waals surface area contributed by atoms with Gasteiger partial charge >= 0.3 is 0 Å². The Morgan fingerprint density at radius 2 is 0.515 bits per heavy atom. The molecule has 6 nitrogen and oxygen atoms in total. The second-order valence-corrected chi connectivity index (χ2v) is 13.6. The molecule has 0 aliphatic carbocycles. The quantitative estimate of drug-likeness (QED) is 0.383. The Kier molecular flexibility index (Phi) is 8.22. The van der Waals surface area contributed by atoms with Crippen LogP contribution in [0, 0.1) is 0 Å². The van der Waals surface area contributed by atoms with Crippen LogP contribution in [0.4, 0.5) is 0 Å². The number of benzene rings is 1. The van der Waals surface area contributed by atoms with E-state index in [-0.39, 0.29) is 16.6 Å². The molecule has 0 N–H and O–H groups in total. The van der Waals surface area contributed by atoms with E-state index in [0.717, 1.165) is 16.7 Å². The first-order chi connectivity index (χ1) is 14.4. The average Bonchev–Trinajstić information content (AvgIpc) is 2.61. The van der Waals surface area contributed by atoms with Gasteiger partial charge in [-0.15, -0.1) is 0 Å². The highest BCUT2D eigenvalue weighted by Gasteiger charge is 2.31. The minimum absolute atomic E-state index is 0.238. The predicted octanol–water partition coefficient (Wildman–Crippen LogP) is 9.14. The number of nitrogens with zero attached hydrogens (tertiary/aromatic N) is 6. The SMILES string of the molecule is CC(C)(C)N=NC(C)(C)c1cc(C(C)(C)N=NC(C)(C)C)cc(C(C)(C)N=NC(C)(C)C)c1. The minimum Gasteiger partial charge on any atom is -0.187 e. The predicted molar refractivity (Wildman–Crippen MR) is 139 cm³/mol. The molecular formula is C27H48N6. The van der Waals surface area contributed by atoms with Gasteiger partial charge < -0.3 is 0 Å². The van der Waals surface area contributed by atoms with Crippen molar-refractivity contribution < 1.29 is 0 Å². The van der Waals surface area contributed by atoms with Crippen LogP contribution in [0.15, 0.2) is 48.9 Å². The second kappa shape index (κ2) is 9.34. The Labute approximate surface area is 202 Å². The first-order valence-electron chi connectivity index (χ1n) is 11.9. The standard InChI is InChI=1S/C27H48N6/c1-22(2,3)28-31-25(10,11)19-16-20(26(12,13)32-29-23(4,5)6)18-21(17-19)27(14,15)33-30-24(7,8)9/h16-18H,1-15H3. The van der Waals surface area contributed by atoms with Crippen molar-refractivity contribution >= 4 is 0 Å². The van der Waals surface area contributed by atoms with E-state index in [2.05, 4.69) is 137 Å². The maximum atomic E-state index is 4.73. The molecule has 0 radical (unpaired) electrons. The van der Waals surface area contributed by atoms with Gasteiger partial charge in [-0.2, -0.15) is 30.7 Å². The molecule has 1 aromatic rings. The number of hydrogen-bond donors (Lipinski definition) is 0. The van der Waals surface area contributed by atoms with Gasteiger partial charge in [0, 0.05) is 0 Å². The fourth-order valence-electron chi connectivity index (χ4n) is 2.69. The Bertz CT molecular complexity index is 767. The van der Waals surface area contributed by atoms with Crippen LogP contribution in [-0.4, -0.2) is 16.6 Å². The van der Waals surface area contributed by atoms with Crippen molar-refractivity contribution in [1.82, 2.24) is 0 Å². The molecule has 0 aromatic heterocycles. The molecule has 0 aliphatic heterocycles. The number of azo groups is 3. The van der Waals surface area contributed by atoms with E-state index in [1.807, 2.05) is 0 Å². The summed E-state index contributed by atoms with van der Waals surface area (Å²) in [7, 11) is 0. The lowest BCUT2D eigenvalue weighted by atomic mass is 9.82. The van der Waals surface area contributed by atoms with Gasteiger partial charge in [-0.25, -0.2) is 0 Å². The molecule has 0 atom stereocenters. The summed E-state index contributed by atoms with van der Waals surface area (Å²) in [6.07, 6.45) is 0. The molecule has 0 saturated heterocycles. The van der Waals surface area contributed by atoms with Crippen molar-refractivity contribution in [3.63, 3.8) is 0 Å². The molecule has 0 spiro atoms. The molecule has 0 amide bonds. The summed E-state index contributed by atoms with van der Waals surface area (Å²) in [5.74, 6) is 0. The molecule has 6 heteroatoms. The highest BCUT2D eigenvalue weighted by molar-refractivity contribution is 5.40. The Morgan fingerprint density at radius 1 is 0.333 bits per heavy atom. The van der Waals surface area contributed by atoms with Crippen molar-refractivity contribution in [1.29, 1.82) is 0 Å². The van der Waals surface area contributed by atoms with Gasteiger partial charge in [0.05, 0.1) is 16.6 Å². The molecule has 0 bridgehead atoms. The monoisotopic (exact) mass is 456 g/mol. The summed E-state index contributed by atoms with van der Waals surface area (Å²) in [6.45, 7) is 31.1. The molecule has 0 unspecified atom stereocenters. The van der Waals surface area contributed by atoms with E-state index in [0.29, 0.717) is 0 Å². The first kappa shape index (κ1) is 29.1. The van der Waals surface area contributed by atoms with Gasteiger partial charge in [-0.05, 0) is 121 Å². The zero-order valence-electron chi connectivity index (χ0n) is 23.9. The van der Waals surface area contributed by atoms with E-state index < -0.39 is 16.6 Å². The number of rotatable bonds is 6. The maximum Gasteiger partial charge on any atom is 0.101 e. The summed E-state index contributed by atoms with van der Waals surface area (Å²) in [4.78, 5) is 0. The summed E-state index contributed by atoms with van der Waals surface area (Å²) in [5.41, 5.74) is 0.975. The van der Waals surface area contributed by atoms with Crippen LogP contribution >= 0.6 is 0 Å². The smallest absolute Gasteiger partial charge is 0.101 e. The minimum atomic E-state index is -0.507. The normalized spacial score (nSPS) is 15.4. The van der Waals surface area contributed by atoms with Crippen molar-refractivity contribution in [2.24, 2.45) is 30.7 Å². The average molecular weight is 457 g/mol. The van der Waals surface area contributed by atoms with Crippen LogP contribution < -0.4 is 0 Å². The summed E-state index contributed by atoms with van der Waals surface area (Å²) >= 11 is 0. The van der Waals surface area contributed by atoms with Crippen molar-refractivity contribution in [2.75, 3.05) is 0 Å². The van der Waals surface area contributed by atoms with Crippen LogP contribution in [0.2, 0.25) is 0 Å². The summed E-state index contributed by atoms with van der Waals surface area (Å²) in [5, 5.41) is 27.9. The molecule has 0 heterocycles. The second-order valence-electron chi connectivity index (χ2n) is 13.6. The van der Waals surface area contributed by atoms with Crippen LogP contribution in [0.3, 0.4) is 0 Å². The summed E-state index contributed by atoms with van der Waals surface area (Å²) < 4.78 is 0. The Morgan fingerprint density at radius 3 is 0.667 bits per heavy atom. The zero-order chi connectivity index (χ0) is 26.1. The number of hydrogen-bond acceptors (Lipinski definition) is 6. The van der Waals surface area contributed by atoms with Crippen LogP contribution in [0.25, 0.3) is 0 Å². The third-order valence-corrected chi connectivity index (χ3v) is 4.85. The molecule has 186 valence electrons. The van der Waals surface area contributed by atoms with Crippen LogP contribution in [-0.2, 0) is 16.6 Å². The van der Waals surface area contributed by atoms with E-state index in [4.69, 9.17) is 15.3 Å². The van der Waals surface area contributed by atoms with Crippen molar-refractivity contribution in [2.45, 2.75) is 137 Å². The van der Waals surface area contributed by atoms with Crippen LogP contribution in [0.1, 0.15) is 121 Å². The third kappa shape index (κ3) is 9.81. The van der Waals surface area contributed by atoms with Gasteiger partial charge in [0.15, 0.2) is 0 Å². The lowest BCUT2D eigenvalue weighted by Crippen LogP contribution is -2.24. The molecular weight excluding hydrogens is 408 g/mol. The molecule has 0 saturated carbocycles. The van der Waals surface area contributed by atoms with E-state index in [1.165, 1.54) is 0 Å². The lowest BCUT2D eigenvalue weighted by molar-refractivity contribution is 0.432.